The zero-order valence-electron chi connectivity index (χ0n) is 11.8. The molecule has 2 atom stereocenters. The van der Waals surface area contributed by atoms with E-state index >= 15 is 0 Å². The summed E-state index contributed by atoms with van der Waals surface area (Å²) in [6.07, 6.45) is 4.10. The normalized spacial score (nSPS) is 18.5. The fraction of sp³-hybridized carbons (Fsp3) is 0.333. The molecule has 0 radical (unpaired) electrons. The summed E-state index contributed by atoms with van der Waals surface area (Å²) < 4.78 is 11.1. The lowest BCUT2D eigenvalue weighted by molar-refractivity contribution is 0.180. The van der Waals surface area contributed by atoms with Crippen LogP contribution in [0.4, 0.5) is 0 Å². The summed E-state index contributed by atoms with van der Waals surface area (Å²) in [6, 6.07) is 7.87. The predicted octanol–water partition coefficient (Wildman–Crippen LogP) is 1.24. The molecule has 3 N–H and O–H groups in total. The summed E-state index contributed by atoms with van der Waals surface area (Å²) in [5.74, 6) is 7.34. The summed E-state index contributed by atoms with van der Waals surface area (Å²) in [7, 11) is 1.58. The van der Waals surface area contributed by atoms with Gasteiger partial charge in [0.15, 0.2) is 0 Å². The third-order valence-corrected chi connectivity index (χ3v) is 3.74. The van der Waals surface area contributed by atoms with Crippen LogP contribution in [0.15, 0.2) is 36.7 Å². The molecule has 1 aromatic heterocycles. The van der Waals surface area contributed by atoms with Crippen molar-refractivity contribution in [3.63, 3.8) is 0 Å². The molecule has 1 aliphatic heterocycles. The van der Waals surface area contributed by atoms with Crippen LogP contribution < -0.4 is 20.7 Å². The molecule has 0 spiro atoms. The molecular formula is C15H18N4O2. The highest BCUT2D eigenvalue weighted by atomic mass is 16.5. The largest absolute Gasteiger partial charge is 0.493 e. The van der Waals surface area contributed by atoms with Crippen LogP contribution in [0, 0.1) is 5.92 Å². The molecular weight excluding hydrogens is 268 g/mol. The second kappa shape index (κ2) is 6.07. The molecule has 2 heterocycles. The van der Waals surface area contributed by atoms with Gasteiger partial charge in [0, 0.05) is 18.3 Å². The second-order valence-electron chi connectivity index (χ2n) is 4.98. The Morgan fingerprint density at radius 2 is 2.14 bits per heavy atom. The highest BCUT2D eigenvalue weighted by molar-refractivity contribution is 5.36. The lowest BCUT2D eigenvalue weighted by Crippen LogP contribution is -2.39. The van der Waals surface area contributed by atoms with Crippen LogP contribution in [0.5, 0.6) is 11.6 Å². The molecule has 0 aliphatic carbocycles. The lowest BCUT2D eigenvalue weighted by Gasteiger charge is -2.31. The van der Waals surface area contributed by atoms with Gasteiger partial charge < -0.3 is 9.47 Å². The van der Waals surface area contributed by atoms with Gasteiger partial charge in [0.25, 0.3) is 0 Å². The Labute approximate surface area is 123 Å². The summed E-state index contributed by atoms with van der Waals surface area (Å²) in [4.78, 5) is 8.55. The number of benzene rings is 1. The van der Waals surface area contributed by atoms with Gasteiger partial charge in [0.1, 0.15) is 11.4 Å². The monoisotopic (exact) mass is 286 g/mol. The topological polar surface area (TPSA) is 82.3 Å². The number of aromatic nitrogens is 2. The van der Waals surface area contributed by atoms with E-state index in [0.29, 0.717) is 18.2 Å². The second-order valence-corrected chi connectivity index (χ2v) is 4.98. The van der Waals surface area contributed by atoms with Gasteiger partial charge in [-0.05, 0) is 18.1 Å². The van der Waals surface area contributed by atoms with E-state index in [1.807, 2.05) is 18.2 Å². The zero-order chi connectivity index (χ0) is 14.7. The SMILES string of the molecule is COc1nccnc1C(NN)C1COc2ccccc2C1. The highest BCUT2D eigenvalue weighted by Gasteiger charge is 2.31. The third-order valence-electron chi connectivity index (χ3n) is 3.74. The molecule has 0 bridgehead atoms. The van der Waals surface area contributed by atoms with Crippen molar-refractivity contribution < 1.29 is 9.47 Å². The predicted molar refractivity (Wildman–Crippen MR) is 77.8 cm³/mol. The van der Waals surface area contributed by atoms with E-state index in [0.717, 1.165) is 12.2 Å². The van der Waals surface area contributed by atoms with E-state index in [1.165, 1.54) is 5.56 Å². The average molecular weight is 286 g/mol. The number of rotatable bonds is 4. The molecule has 110 valence electrons. The van der Waals surface area contributed by atoms with Crippen molar-refractivity contribution in [2.24, 2.45) is 11.8 Å². The maximum Gasteiger partial charge on any atom is 0.237 e. The van der Waals surface area contributed by atoms with Gasteiger partial charge in [0.2, 0.25) is 5.88 Å². The van der Waals surface area contributed by atoms with E-state index in [9.17, 15) is 0 Å². The summed E-state index contributed by atoms with van der Waals surface area (Å²) in [5, 5.41) is 0. The Morgan fingerprint density at radius 3 is 2.95 bits per heavy atom. The third kappa shape index (κ3) is 2.68. The number of hydrazine groups is 1. The van der Waals surface area contributed by atoms with Crippen molar-refractivity contribution in [2.75, 3.05) is 13.7 Å². The van der Waals surface area contributed by atoms with Crippen molar-refractivity contribution in [1.82, 2.24) is 15.4 Å². The number of para-hydroxylation sites is 1. The summed E-state index contributed by atoms with van der Waals surface area (Å²) in [5.41, 5.74) is 4.71. The maximum absolute atomic E-state index is 5.83. The molecule has 2 unspecified atom stereocenters. The van der Waals surface area contributed by atoms with Gasteiger partial charge in [-0.1, -0.05) is 18.2 Å². The molecule has 0 amide bonds. The lowest BCUT2D eigenvalue weighted by atomic mass is 9.89. The van der Waals surface area contributed by atoms with Gasteiger partial charge in [-0.15, -0.1) is 0 Å². The molecule has 21 heavy (non-hydrogen) atoms. The quantitative estimate of drug-likeness (QED) is 0.650. The molecule has 6 heteroatoms. The van der Waals surface area contributed by atoms with Crippen LogP contribution in [0.3, 0.4) is 0 Å². The van der Waals surface area contributed by atoms with Crippen LogP contribution >= 0.6 is 0 Å². The Morgan fingerprint density at radius 1 is 1.33 bits per heavy atom. The minimum atomic E-state index is -0.179. The summed E-state index contributed by atoms with van der Waals surface area (Å²) in [6.45, 7) is 0.575. The van der Waals surface area contributed by atoms with Crippen molar-refractivity contribution in [3.8, 4) is 11.6 Å². The average Bonchev–Trinajstić information content (AvgIpc) is 2.56. The van der Waals surface area contributed by atoms with Gasteiger partial charge in [-0.2, -0.15) is 0 Å². The number of hydrogen-bond donors (Lipinski definition) is 2. The standard InChI is InChI=1S/C15H18N4O2/c1-20-15-14(17-6-7-18-15)13(19-16)11-8-10-4-2-3-5-12(10)21-9-11/h2-7,11,13,19H,8-9,16H2,1H3. The van der Waals surface area contributed by atoms with Gasteiger partial charge in [-0.25, -0.2) is 4.98 Å². The Hall–Kier alpha value is -2.18. The van der Waals surface area contributed by atoms with E-state index in [2.05, 4.69) is 21.5 Å². The first kappa shape index (κ1) is 13.8. The van der Waals surface area contributed by atoms with Crippen molar-refractivity contribution in [3.05, 3.63) is 47.9 Å². The zero-order valence-corrected chi connectivity index (χ0v) is 11.8. The number of nitrogens with zero attached hydrogens (tertiary/aromatic N) is 2. The number of methoxy groups -OCH3 is 1. The number of nitrogens with one attached hydrogen (secondary N) is 1. The molecule has 1 aromatic carbocycles. The van der Waals surface area contributed by atoms with Gasteiger partial charge in [-0.3, -0.25) is 16.3 Å². The molecule has 0 saturated heterocycles. The van der Waals surface area contributed by atoms with Gasteiger partial charge in [0.05, 0.1) is 19.8 Å². The Kier molecular flexibility index (Phi) is 3.98. The van der Waals surface area contributed by atoms with Crippen LogP contribution in [0.2, 0.25) is 0 Å². The van der Waals surface area contributed by atoms with E-state index in [4.69, 9.17) is 15.3 Å². The molecule has 2 aromatic rings. The molecule has 1 aliphatic rings. The maximum atomic E-state index is 5.83. The molecule has 3 rings (SSSR count). The first-order valence-electron chi connectivity index (χ1n) is 6.85. The fourth-order valence-electron chi connectivity index (χ4n) is 2.71. The van der Waals surface area contributed by atoms with E-state index in [-0.39, 0.29) is 12.0 Å². The Bertz CT molecular complexity index is 620. The van der Waals surface area contributed by atoms with Crippen LogP contribution in [-0.2, 0) is 6.42 Å². The van der Waals surface area contributed by atoms with Crippen LogP contribution in [0.25, 0.3) is 0 Å². The first-order valence-corrected chi connectivity index (χ1v) is 6.85. The smallest absolute Gasteiger partial charge is 0.237 e. The van der Waals surface area contributed by atoms with Crippen LogP contribution in [-0.4, -0.2) is 23.7 Å². The van der Waals surface area contributed by atoms with Crippen molar-refractivity contribution in [1.29, 1.82) is 0 Å². The molecule has 0 saturated carbocycles. The van der Waals surface area contributed by atoms with E-state index < -0.39 is 0 Å². The molecule has 0 fully saturated rings. The van der Waals surface area contributed by atoms with Crippen molar-refractivity contribution >= 4 is 0 Å². The van der Waals surface area contributed by atoms with Gasteiger partial charge >= 0.3 is 0 Å². The molecule has 6 nitrogen and oxygen atoms in total. The first-order chi connectivity index (χ1) is 10.3. The van der Waals surface area contributed by atoms with Crippen LogP contribution in [0.1, 0.15) is 17.3 Å². The minimum Gasteiger partial charge on any atom is -0.493 e. The highest BCUT2D eigenvalue weighted by Crippen LogP contribution is 2.34. The number of fused-ring (bicyclic) bond motifs is 1. The minimum absolute atomic E-state index is 0.162. The fourth-order valence-corrected chi connectivity index (χ4v) is 2.71. The Balaban J connectivity index is 1.88. The summed E-state index contributed by atoms with van der Waals surface area (Å²) >= 11 is 0. The number of hydrogen-bond acceptors (Lipinski definition) is 6. The number of ether oxygens (including phenoxy) is 2. The number of nitrogens with two attached hydrogens (primary N) is 1. The van der Waals surface area contributed by atoms with E-state index in [1.54, 1.807) is 19.5 Å². The van der Waals surface area contributed by atoms with Crippen molar-refractivity contribution in [2.45, 2.75) is 12.5 Å².